The van der Waals surface area contributed by atoms with Gasteiger partial charge >= 0.3 is 6.09 Å². The van der Waals surface area contributed by atoms with Crippen LogP contribution in [0.5, 0.6) is 0 Å². The van der Waals surface area contributed by atoms with Gasteiger partial charge in [0, 0.05) is 13.1 Å². The molecule has 19 heavy (non-hydrogen) atoms. The van der Waals surface area contributed by atoms with Gasteiger partial charge in [-0.25, -0.2) is 4.79 Å². The lowest BCUT2D eigenvalue weighted by atomic mass is 10.0. The quantitative estimate of drug-likeness (QED) is 0.735. The molecule has 0 unspecified atom stereocenters. The number of likely N-dealkylation sites (tertiary alicyclic amines) is 1. The van der Waals surface area contributed by atoms with Gasteiger partial charge in [0.25, 0.3) is 0 Å². The molecule has 4 nitrogen and oxygen atoms in total. The van der Waals surface area contributed by atoms with E-state index in [-0.39, 0.29) is 11.7 Å². The van der Waals surface area contributed by atoms with Crippen molar-refractivity contribution in [3.05, 3.63) is 0 Å². The van der Waals surface area contributed by atoms with Crippen LogP contribution in [0.15, 0.2) is 0 Å². The average molecular weight is 270 g/mol. The minimum Gasteiger partial charge on any atom is -0.444 e. The number of piperidine rings is 1. The highest BCUT2D eigenvalue weighted by atomic mass is 16.6. The van der Waals surface area contributed by atoms with Gasteiger partial charge in [-0.1, -0.05) is 6.92 Å². The maximum atomic E-state index is 11.4. The summed E-state index contributed by atoms with van der Waals surface area (Å²) in [6, 6.07) is 0. The van der Waals surface area contributed by atoms with Crippen molar-refractivity contribution in [3.8, 4) is 0 Å². The summed E-state index contributed by atoms with van der Waals surface area (Å²) in [4.78, 5) is 13.1. The molecule has 2 rings (SSSR count). The maximum absolute atomic E-state index is 11.4. The first kappa shape index (κ1) is 16.3. The van der Waals surface area contributed by atoms with E-state index in [9.17, 15) is 4.79 Å². The minimum atomic E-state index is -0.361. The standard InChI is InChI=1S/C9H17NO2.C6H13N/c1-9(2,3)12-8(11)10-6-4-5-7-10;1-6-2-4-7-5-3-6/h4-7H2,1-3H3;6-7H,2-5H2,1H3. The van der Waals surface area contributed by atoms with E-state index in [2.05, 4.69) is 12.2 Å². The number of hydrogen-bond donors (Lipinski definition) is 1. The van der Waals surface area contributed by atoms with Gasteiger partial charge in [-0.3, -0.25) is 0 Å². The molecule has 2 aliphatic rings. The Balaban J connectivity index is 0.000000218. The van der Waals surface area contributed by atoms with Gasteiger partial charge in [0.05, 0.1) is 0 Å². The normalized spacial score (nSPS) is 20.7. The number of amides is 1. The molecule has 0 bridgehead atoms. The maximum Gasteiger partial charge on any atom is 0.410 e. The second-order valence-electron chi connectivity index (χ2n) is 6.61. The molecule has 1 N–H and O–H groups in total. The average Bonchev–Trinajstić information content (AvgIpc) is 2.82. The van der Waals surface area contributed by atoms with Crippen molar-refractivity contribution >= 4 is 6.09 Å². The molecule has 2 aliphatic heterocycles. The molecule has 0 aromatic heterocycles. The lowest BCUT2D eigenvalue weighted by Gasteiger charge is -2.23. The fourth-order valence-electron chi connectivity index (χ4n) is 2.19. The third kappa shape index (κ3) is 7.41. The highest BCUT2D eigenvalue weighted by Crippen LogP contribution is 2.14. The second-order valence-corrected chi connectivity index (χ2v) is 6.61. The molecule has 0 atom stereocenters. The zero-order valence-electron chi connectivity index (χ0n) is 13.0. The van der Waals surface area contributed by atoms with Crippen LogP contribution in [0.3, 0.4) is 0 Å². The van der Waals surface area contributed by atoms with Crippen molar-refractivity contribution in [2.45, 2.75) is 59.0 Å². The van der Waals surface area contributed by atoms with E-state index in [1.807, 2.05) is 20.8 Å². The van der Waals surface area contributed by atoms with E-state index in [1.54, 1.807) is 4.90 Å². The van der Waals surface area contributed by atoms with Gasteiger partial charge in [0.2, 0.25) is 0 Å². The Hall–Kier alpha value is -0.770. The third-order valence-electron chi connectivity index (χ3n) is 3.39. The lowest BCUT2D eigenvalue weighted by molar-refractivity contribution is 0.0295. The summed E-state index contributed by atoms with van der Waals surface area (Å²) in [5.74, 6) is 0.973. The number of nitrogens with one attached hydrogen (secondary N) is 1. The molecule has 0 saturated carbocycles. The SMILES string of the molecule is CC(C)(C)OC(=O)N1CCCC1.CC1CCNCC1. The van der Waals surface area contributed by atoms with Crippen LogP contribution in [-0.4, -0.2) is 42.8 Å². The Morgan fingerprint density at radius 3 is 2.05 bits per heavy atom. The molecule has 112 valence electrons. The third-order valence-corrected chi connectivity index (χ3v) is 3.39. The molecular weight excluding hydrogens is 240 g/mol. The molecule has 0 aromatic rings. The van der Waals surface area contributed by atoms with E-state index in [0.717, 1.165) is 31.8 Å². The molecule has 2 saturated heterocycles. The van der Waals surface area contributed by atoms with Gasteiger partial charge in [0.15, 0.2) is 0 Å². The first-order valence-electron chi connectivity index (χ1n) is 7.57. The van der Waals surface area contributed by atoms with E-state index in [1.165, 1.54) is 25.9 Å². The summed E-state index contributed by atoms with van der Waals surface area (Å²) in [5, 5.41) is 3.32. The summed E-state index contributed by atoms with van der Waals surface area (Å²) >= 11 is 0. The monoisotopic (exact) mass is 270 g/mol. The van der Waals surface area contributed by atoms with Gasteiger partial charge in [-0.05, 0) is 65.5 Å². The zero-order chi connectivity index (χ0) is 14.3. The van der Waals surface area contributed by atoms with Gasteiger partial charge < -0.3 is 15.0 Å². The van der Waals surface area contributed by atoms with Crippen LogP contribution >= 0.6 is 0 Å². The topological polar surface area (TPSA) is 41.6 Å². The van der Waals surface area contributed by atoms with Crippen molar-refractivity contribution in [1.82, 2.24) is 10.2 Å². The Labute approximate surface area is 117 Å². The van der Waals surface area contributed by atoms with Gasteiger partial charge in [-0.2, -0.15) is 0 Å². The van der Waals surface area contributed by atoms with Crippen molar-refractivity contribution in [2.24, 2.45) is 5.92 Å². The minimum absolute atomic E-state index is 0.167. The number of carbonyl (C=O) groups is 1. The smallest absolute Gasteiger partial charge is 0.410 e. The van der Waals surface area contributed by atoms with E-state index < -0.39 is 0 Å². The molecule has 0 spiro atoms. The largest absolute Gasteiger partial charge is 0.444 e. The predicted molar refractivity (Wildman–Crippen MR) is 78.3 cm³/mol. The summed E-state index contributed by atoms with van der Waals surface area (Å²) in [6.45, 7) is 12.2. The van der Waals surface area contributed by atoms with Crippen LogP contribution in [0.4, 0.5) is 4.79 Å². The van der Waals surface area contributed by atoms with Crippen LogP contribution in [0.2, 0.25) is 0 Å². The second kappa shape index (κ2) is 7.73. The summed E-state index contributed by atoms with van der Waals surface area (Å²) in [6.07, 6.45) is 4.80. The number of nitrogens with zero attached hydrogens (tertiary/aromatic N) is 1. The number of rotatable bonds is 0. The molecule has 2 heterocycles. The molecule has 2 fully saturated rings. The highest BCUT2D eigenvalue weighted by Gasteiger charge is 2.23. The van der Waals surface area contributed by atoms with Crippen molar-refractivity contribution in [1.29, 1.82) is 0 Å². The Morgan fingerprint density at radius 1 is 1.16 bits per heavy atom. The fourth-order valence-corrected chi connectivity index (χ4v) is 2.19. The molecular formula is C15H30N2O2. The van der Waals surface area contributed by atoms with E-state index >= 15 is 0 Å². The summed E-state index contributed by atoms with van der Waals surface area (Å²) < 4.78 is 5.21. The van der Waals surface area contributed by atoms with Crippen LogP contribution in [0.1, 0.15) is 53.4 Å². The fraction of sp³-hybridized carbons (Fsp3) is 0.933. The molecule has 4 heteroatoms. The highest BCUT2D eigenvalue weighted by molar-refractivity contribution is 5.68. The Morgan fingerprint density at radius 2 is 1.68 bits per heavy atom. The molecule has 0 aliphatic carbocycles. The summed E-state index contributed by atoms with van der Waals surface area (Å²) in [5.41, 5.74) is -0.361. The van der Waals surface area contributed by atoms with Crippen LogP contribution in [-0.2, 0) is 4.74 Å². The van der Waals surface area contributed by atoms with E-state index in [4.69, 9.17) is 4.74 Å². The van der Waals surface area contributed by atoms with E-state index in [0.29, 0.717) is 0 Å². The first-order valence-corrected chi connectivity index (χ1v) is 7.57. The molecule has 1 amide bonds. The predicted octanol–water partition coefficient (Wildman–Crippen LogP) is 3.02. The number of carbonyl (C=O) groups excluding carboxylic acids is 1. The zero-order valence-corrected chi connectivity index (χ0v) is 13.0. The Kier molecular flexibility index (Phi) is 6.63. The first-order chi connectivity index (χ1) is 8.88. The summed E-state index contributed by atoms with van der Waals surface area (Å²) in [7, 11) is 0. The van der Waals surface area contributed by atoms with Gasteiger partial charge in [-0.15, -0.1) is 0 Å². The van der Waals surface area contributed by atoms with Crippen LogP contribution in [0.25, 0.3) is 0 Å². The number of ether oxygens (including phenoxy) is 1. The Bertz CT molecular complexity index is 262. The van der Waals surface area contributed by atoms with Crippen LogP contribution in [0, 0.1) is 5.92 Å². The van der Waals surface area contributed by atoms with Crippen molar-refractivity contribution in [2.75, 3.05) is 26.2 Å². The lowest BCUT2D eigenvalue weighted by Crippen LogP contribution is -2.34. The number of hydrogen-bond acceptors (Lipinski definition) is 3. The van der Waals surface area contributed by atoms with Gasteiger partial charge in [0.1, 0.15) is 5.60 Å². The molecule has 0 radical (unpaired) electrons. The molecule has 0 aromatic carbocycles. The van der Waals surface area contributed by atoms with Crippen molar-refractivity contribution < 1.29 is 9.53 Å². The van der Waals surface area contributed by atoms with Crippen molar-refractivity contribution in [3.63, 3.8) is 0 Å². The van der Waals surface area contributed by atoms with Crippen LogP contribution < -0.4 is 5.32 Å².